The van der Waals surface area contributed by atoms with Crippen molar-refractivity contribution >= 4 is 34.3 Å². The van der Waals surface area contributed by atoms with E-state index in [1.807, 2.05) is 67.9 Å². The maximum absolute atomic E-state index is 6.02. The Morgan fingerprint density at radius 2 is 2.00 bits per heavy atom. The van der Waals surface area contributed by atoms with Gasteiger partial charge in [-0.25, -0.2) is 9.98 Å². The van der Waals surface area contributed by atoms with E-state index in [0.29, 0.717) is 17.5 Å². The van der Waals surface area contributed by atoms with Crippen LogP contribution in [0.2, 0.25) is 5.02 Å². The number of guanidine groups is 1. The Balaban J connectivity index is 1.68. The number of benzene rings is 2. The molecule has 0 fully saturated rings. The minimum absolute atomic E-state index is 0.142. The number of ether oxygens (including phenoxy) is 1. The first-order valence-electron chi connectivity index (χ1n) is 8.37. The Bertz CT molecular complexity index is 931. The molecule has 0 saturated carbocycles. The van der Waals surface area contributed by atoms with Crippen LogP contribution in [0, 0.1) is 0 Å². The SMILES string of the molecule is CC(C)Oc1ccc(NC(N)=NCc2nc3cc(Cl)ccc3n2C)cc1. The number of aryl methyl sites for hydroxylation is 1. The molecule has 0 amide bonds. The first kappa shape index (κ1) is 18.1. The highest BCUT2D eigenvalue weighted by Crippen LogP contribution is 2.20. The monoisotopic (exact) mass is 371 g/mol. The smallest absolute Gasteiger partial charge is 0.193 e. The Hall–Kier alpha value is -2.73. The molecule has 2 aromatic carbocycles. The summed E-state index contributed by atoms with van der Waals surface area (Å²) in [4.78, 5) is 8.94. The van der Waals surface area contributed by atoms with E-state index in [0.717, 1.165) is 28.3 Å². The summed E-state index contributed by atoms with van der Waals surface area (Å²) in [6, 6.07) is 13.2. The Labute approximate surface area is 157 Å². The van der Waals surface area contributed by atoms with Crippen molar-refractivity contribution in [2.24, 2.45) is 17.8 Å². The second-order valence-corrected chi connectivity index (χ2v) is 6.67. The summed E-state index contributed by atoms with van der Waals surface area (Å²) in [5.41, 5.74) is 8.69. The first-order chi connectivity index (χ1) is 12.4. The molecule has 7 heteroatoms. The molecule has 3 N–H and O–H groups in total. The lowest BCUT2D eigenvalue weighted by Gasteiger charge is -2.11. The van der Waals surface area contributed by atoms with Crippen LogP contribution in [0.1, 0.15) is 19.7 Å². The van der Waals surface area contributed by atoms with Gasteiger partial charge in [-0.15, -0.1) is 0 Å². The Morgan fingerprint density at radius 3 is 2.69 bits per heavy atom. The quantitative estimate of drug-likeness (QED) is 0.526. The molecule has 0 unspecified atom stereocenters. The topological polar surface area (TPSA) is 77.5 Å². The molecular formula is C19H22ClN5O. The number of fused-ring (bicyclic) bond motifs is 1. The fraction of sp³-hybridized carbons (Fsp3) is 0.263. The number of imidazole rings is 1. The molecular weight excluding hydrogens is 350 g/mol. The number of halogens is 1. The van der Waals surface area contributed by atoms with Crippen LogP contribution >= 0.6 is 11.6 Å². The summed E-state index contributed by atoms with van der Waals surface area (Å²) >= 11 is 6.02. The highest BCUT2D eigenvalue weighted by molar-refractivity contribution is 6.31. The van der Waals surface area contributed by atoms with Crippen molar-refractivity contribution in [3.05, 3.63) is 53.3 Å². The third kappa shape index (κ3) is 4.26. The van der Waals surface area contributed by atoms with Crippen molar-refractivity contribution in [3.63, 3.8) is 0 Å². The summed E-state index contributed by atoms with van der Waals surface area (Å²) < 4.78 is 7.61. The van der Waals surface area contributed by atoms with Crippen molar-refractivity contribution in [1.82, 2.24) is 9.55 Å². The van der Waals surface area contributed by atoms with Crippen LogP contribution in [-0.2, 0) is 13.6 Å². The van der Waals surface area contributed by atoms with Crippen LogP contribution in [0.25, 0.3) is 11.0 Å². The minimum Gasteiger partial charge on any atom is -0.491 e. The molecule has 0 atom stereocenters. The number of nitrogens with zero attached hydrogens (tertiary/aromatic N) is 3. The second kappa shape index (κ2) is 7.66. The van der Waals surface area contributed by atoms with Gasteiger partial charge in [0, 0.05) is 17.8 Å². The Morgan fingerprint density at radius 1 is 1.27 bits per heavy atom. The van der Waals surface area contributed by atoms with Crippen LogP contribution < -0.4 is 15.8 Å². The van der Waals surface area contributed by atoms with Crippen LogP contribution in [0.3, 0.4) is 0 Å². The van der Waals surface area contributed by atoms with Gasteiger partial charge in [-0.05, 0) is 56.3 Å². The van der Waals surface area contributed by atoms with Crippen LogP contribution in [0.15, 0.2) is 47.5 Å². The molecule has 3 aromatic rings. The Kier molecular flexibility index (Phi) is 5.32. The lowest BCUT2D eigenvalue weighted by molar-refractivity contribution is 0.242. The van der Waals surface area contributed by atoms with Crippen LogP contribution in [0.4, 0.5) is 5.69 Å². The normalized spacial score (nSPS) is 12.0. The zero-order chi connectivity index (χ0) is 18.7. The largest absolute Gasteiger partial charge is 0.491 e. The lowest BCUT2D eigenvalue weighted by Crippen LogP contribution is -2.22. The first-order valence-corrected chi connectivity index (χ1v) is 8.74. The highest BCUT2D eigenvalue weighted by Gasteiger charge is 2.08. The summed E-state index contributed by atoms with van der Waals surface area (Å²) in [5.74, 6) is 1.96. The average Bonchev–Trinajstić information content (AvgIpc) is 2.89. The molecule has 0 aliphatic rings. The standard InChI is InChI=1S/C19H22ClN5O/c1-12(2)26-15-7-5-14(6-8-15)23-19(21)22-11-18-24-16-10-13(20)4-9-17(16)25(18)3/h4-10,12H,11H2,1-3H3,(H3,21,22,23). The van der Waals surface area contributed by atoms with Gasteiger partial charge in [0.1, 0.15) is 18.1 Å². The molecule has 3 rings (SSSR count). The van der Waals surface area contributed by atoms with Crippen molar-refractivity contribution in [1.29, 1.82) is 0 Å². The van der Waals surface area contributed by atoms with Gasteiger partial charge in [0.15, 0.2) is 5.96 Å². The number of aliphatic imine (C=N–C) groups is 1. The van der Waals surface area contributed by atoms with Crippen molar-refractivity contribution in [2.45, 2.75) is 26.5 Å². The molecule has 0 saturated heterocycles. The fourth-order valence-corrected chi connectivity index (χ4v) is 2.76. The molecule has 0 aliphatic heterocycles. The molecule has 26 heavy (non-hydrogen) atoms. The van der Waals surface area contributed by atoms with Gasteiger partial charge in [0.05, 0.1) is 17.1 Å². The van der Waals surface area contributed by atoms with Crippen molar-refractivity contribution < 1.29 is 4.74 Å². The number of anilines is 1. The number of nitrogens with one attached hydrogen (secondary N) is 1. The number of hydrogen-bond donors (Lipinski definition) is 2. The van der Waals surface area contributed by atoms with E-state index in [-0.39, 0.29) is 6.10 Å². The van der Waals surface area contributed by atoms with Gasteiger partial charge < -0.3 is 20.4 Å². The van der Waals surface area contributed by atoms with E-state index in [1.54, 1.807) is 0 Å². The summed E-state index contributed by atoms with van der Waals surface area (Å²) in [7, 11) is 1.95. The summed E-state index contributed by atoms with van der Waals surface area (Å²) in [6.07, 6.45) is 0.142. The second-order valence-electron chi connectivity index (χ2n) is 6.24. The molecule has 6 nitrogen and oxygen atoms in total. The molecule has 0 aliphatic carbocycles. The van der Waals surface area contributed by atoms with Gasteiger partial charge in [0.25, 0.3) is 0 Å². The molecule has 0 spiro atoms. The van der Waals surface area contributed by atoms with Crippen LogP contribution in [0.5, 0.6) is 5.75 Å². The van der Waals surface area contributed by atoms with E-state index in [9.17, 15) is 0 Å². The molecule has 0 radical (unpaired) electrons. The summed E-state index contributed by atoms with van der Waals surface area (Å²) in [5, 5.41) is 3.73. The van der Waals surface area contributed by atoms with E-state index in [4.69, 9.17) is 22.1 Å². The van der Waals surface area contributed by atoms with Gasteiger partial charge in [-0.3, -0.25) is 0 Å². The van der Waals surface area contributed by atoms with Gasteiger partial charge in [-0.2, -0.15) is 0 Å². The predicted molar refractivity (Wildman–Crippen MR) is 107 cm³/mol. The van der Waals surface area contributed by atoms with E-state index >= 15 is 0 Å². The lowest BCUT2D eigenvalue weighted by atomic mass is 10.3. The minimum atomic E-state index is 0.142. The van der Waals surface area contributed by atoms with E-state index in [1.165, 1.54) is 0 Å². The fourth-order valence-electron chi connectivity index (χ4n) is 2.60. The van der Waals surface area contributed by atoms with Gasteiger partial charge >= 0.3 is 0 Å². The molecule has 1 aromatic heterocycles. The van der Waals surface area contributed by atoms with Crippen molar-refractivity contribution in [3.8, 4) is 5.75 Å². The number of hydrogen-bond acceptors (Lipinski definition) is 3. The number of rotatable bonds is 5. The van der Waals surface area contributed by atoms with Crippen molar-refractivity contribution in [2.75, 3.05) is 5.32 Å². The number of aromatic nitrogens is 2. The van der Waals surface area contributed by atoms with Gasteiger partial charge in [-0.1, -0.05) is 11.6 Å². The van der Waals surface area contributed by atoms with E-state index in [2.05, 4.69) is 15.3 Å². The molecule has 0 bridgehead atoms. The highest BCUT2D eigenvalue weighted by atomic mass is 35.5. The van der Waals surface area contributed by atoms with Gasteiger partial charge in [0.2, 0.25) is 0 Å². The molecule has 1 heterocycles. The zero-order valence-corrected chi connectivity index (χ0v) is 15.8. The van der Waals surface area contributed by atoms with E-state index < -0.39 is 0 Å². The molecule has 136 valence electrons. The third-order valence-corrected chi connectivity index (χ3v) is 4.06. The maximum Gasteiger partial charge on any atom is 0.193 e. The maximum atomic E-state index is 6.02. The number of nitrogens with two attached hydrogens (primary N) is 1. The third-order valence-electron chi connectivity index (χ3n) is 3.82. The van der Waals surface area contributed by atoms with Crippen LogP contribution in [-0.4, -0.2) is 21.6 Å². The zero-order valence-electron chi connectivity index (χ0n) is 15.0. The summed E-state index contributed by atoms with van der Waals surface area (Å²) in [6.45, 7) is 4.35. The average molecular weight is 372 g/mol. The predicted octanol–water partition coefficient (Wildman–Crippen LogP) is 3.94.